The zero-order chi connectivity index (χ0) is 14.2. The van der Waals surface area contributed by atoms with E-state index in [0.29, 0.717) is 5.82 Å². The second-order valence-electron chi connectivity index (χ2n) is 5.54. The maximum absolute atomic E-state index is 9.43. The standard InChI is InChI=1S/C14H18BrN3O/c1-9-6-5-7-10(12(9)15)13-17-16-11(8-19)18(13)14(2,3)4/h5-7,19H,8H2,1-4H3. The van der Waals surface area contributed by atoms with Gasteiger partial charge in [-0.3, -0.25) is 0 Å². The molecule has 2 aromatic rings. The van der Waals surface area contributed by atoms with Gasteiger partial charge in [-0.25, -0.2) is 0 Å². The number of hydrogen-bond acceptors (Lipinski definition) is 3. The molecule has 0 fully saturated rings. The van der Waals surface area contributed by atoms with E-state index in [1.807, 2.05) is 29.7 Å². The summed E-state index contributed by atoms with van der Waals surface area (Å²) in [5.41, 5.74) is 1.94. The van der Waals surface area contributed by atoms with Crippen LogP contribution >= 0.6 is 15.9 Å². The molecule has 0 amide bonds. The van der Waals surface area contributed by atoms with Crippen molar-refractivity contribution in [2.45, 2.75) is 39.8 Å². The lowest BCUT2D eigenvalue weighted by atomic mass is 10.1. The molecular weight excluding hydrogens is 306 g/mol. The Morgan fingerprint density at radius 2 is 1.95 bits per heavy atom. The molecule has 0 bridgehead atoms. The van der Waals surface area contributed by atoms with Gasteiger partial charge in [-0.2, -0.15) is 0 Å². The SMILES string of the molecule is Cc1cccc(-c2nnc(CO)n2C(C)(C)C)c1Br. The first kappa shape index (κ1) is 14.2. The van der Waals surface area contributed by atoms with Gasteiger partial charge in [0.2, 0.25) is 0 Å². The van der Waals surface area contributed by atoms with Gasteiger partial charge in [-0.1, -0.05) is 18.2 Å². The molecule has 0 unspecified atom stereocenters. The Labute approximate surface area is 121 Å². The number of aromatic nitrogens is 3. The van der Waals surface area contributed by atoms with Crippen molar-refractivity contribution in [3.8, 4) is 11.4 Å². The molecule has 102 valence electrons. The van der Waals surface area contributed by atoms with E-state index in [0.717, 1.165) is 21.4 Å². The summed E-state index contributed by atoms with van der Waals surface area (Å²) in [5.74, 6) is 1.35. The van der Waals surface area contributed by atoms with Crippen LogP contribution in [-0.4, -0.2) is 19.9 Å². The summed E-state index contributed by atoms with van der Waals surface area (Å²) in [6, 6.07) is 6.04. The summed E-state index contributed by atoms with van der Waals surface area (Å²) < 4.78 is 2.99. The van der Waals surface area contributed by atoms with Crippen molar-refractivity contribution in [1.82, 2.24) is 14.8 Å². The van der Waals surface area contributed by atoms with Crippen LogP contribution in [0.2, 0.25) is 0 Å². The van der Waals surface area contributed by atoms with Crippen molar-refractivity contribution in [1.29, 1.82) is 0 Å². The predicted molar refractivity (Wildman–Crippen MR) is 78.8 cm³/mol. The van der Waals surface area contributed by atoms with E-state index in [9.17, 15) is 5.11 Å². The minimum Gasteiger partial charge on any atom is -0.388 e. The second kappa shape index (κ2) is 5.06. The fourth-order valence-corrected chi connectivity index (χ4v) is 2.56. The Balaban J connectivity index is 2.70. The fourth-order valence-electron chi connectivity index (χ4n) is 2.12. The van der Waals surface area contributed by atoms with Gasteiger partial charge in [-0.05, 0) is 49.2 Å². The molecule has 0 saturated heterocycles. The molecule has 0 aliphatic heterocycles. The van der Waals surface area contributed by atoms with Crippen molar-refractivity contribution in [3.05, 3.63) is 34.1 Å². The van der Waals surface area contributed by atoms with Gasteiger partial charge in [0.25, 0.3) is 0 Å². The van der Waals surface area contributed by atoms with E-state index in [-0.39, 0.29) is 12.1 Å². The number of aliphatic hydroxyl groups is 1. The number of benzene rings is 1. The molecule has 1 heterocycles. The normalized spacial score (nSPS) is 11.9. The van der Waals surface area contributed by atoms with Gasteiger partial charge in [0.15, 0.2) is 11.6 Å². The van der Waals surface area contributed by atoms with Gasteiger partial charge in [0.1, 0.15) is 6.61 Å². The smallest absolute Gasteiger partial charge is 0.165 e. The Morgan fingerprint density at radius 3 is 2.53 bits per heavy atom. The Bertz CT molecular complexity index is 599. The molecule has 0 radical (unpaired) electrons. The first-order valence-corrected chi connectivity index (χ1v) is 6.96. The van der Waals surface area contributed by atoms with E-state index in [1.54, 1.807) is 0 Å². The van der Waals surface area contributed by atoms with Gasteiger partial charge in [0.05, 0.1) is 0 Å². The maximum Gasteiger partial charge on any atom is 0.165 e. The van der Waals surface area contributed by atoms with Crippen molar-refractivity contribution < 1.29 is 5.11 Å². The molecule has 0 atom stereocenters. The van der Waals surface area contributed by atoms with Crippen molar-refractivity contribution in [2.24, 2.45) is 0 Å². The maximum atomic E-state index is 9.43. The molecule has 0 aliphatic rings. The molecule has 0 saturated carbocycles. The molecule has 4 nitrogen and oxygen atoms in total. The molecule has 0 aliphatic carbocycles. The zero-order valence-electron chi connectivity index (χ0n) is 11.6. The fraction of sp³-hybridized carbons (Fsp3) is 0.429. The largest absolute Gasteiger partial charge is 0.388 e. The number of rotatable bonds is 2. The first-order chi connectivity index (χ1) is 8.86. The third-order valence-electron chi connectivity index (χ3n) is 2.98. The van der Waals surface area contributed by atoms with Crippen LogP contribution in [0.3, 0.4) is 0 Å². The third kappa shape index (κ3) is 2.58. The Morgan fingerprint density at radius 1 is 1.26 bits per heavy atom. The molecule has 1 aromatic carbocycles. The van der Waals surface area contributed by atoms with Crippen molar-refractivity contribution in [2.75, 3.05) is 0 Å². The number of hydrogen-bond donors (Lipinski definition) is 1. The third-order valence-corrected chi connectivity index (χ3v) is 4.03. The van der Waals surface area contributed by atoms with Crippen LogP contribution in [0.4, 0.5) is 0 Å². The summed E-state index contributed by atoms with van der Waals surface area (Å²) in [4.78, 5) is 0. The lowest BCUT2D eigenvalue weighted by Crippen LogP contribution is -2.25. The van der Waals surface area contributed by atoms with Crippen LogP contribution in [0.5, 0.6) is 0 Å². The van der Waals surface area contributed by atoms with Gasteiger partial charge in [-0.15, -0.1) is 10.2 Å². The molecular formula is C14H18BrN3O. The van der Waals surface area contributed by atoms with Crippen LogP contribution in [0, 0.1) is 6.92 Å². The van der Waals surface area contributed by atoms with E-state index in [2.05, 4.69) is 46.9 Å². The lowest BCUT2D eigenvalue weighted by molar-refractivity contribution is 0.250. The molecule has 19 heavy (non-hydrogen) atoms. The zero-order valence-corrected chi connectivity index (χ0v) is 13.2. The summed E-state index contributed by atoms with van der Waals surface area (Å²) in [7, 11) is 0. The average molecular weight is 324 g/mol. The molecule has 5 heteroatoms. The van der Waals surface area contributed by atoms with E-state index in [1.165, 1.54) is 0 Å². The van der Waals surface area contributed by atoms with Crippen LogP contribution < -0.4 is 0 Å². The van der Waals surface area contributed by atoms with Gasteiger partial charge >= 0.3 is 0 Å². The monoisotopic (exact) mass is 323 g/mol. The van der Waals surface area contributed by atoms with E-state index in [4.69, 9.17) is 0 Å². The van der Waals surface area contributed by atoms with Crippen LogP contribution in [-0.2, 0) is 12.1 Å². The number of aryl methyl sites for hydroxylation is 1. The minimum atomic E-state index is -0.194. The van der Waals surface area contributed by atoms with E-state index < -0.39 is 0 Å². The highest BCUT2D eigenvalue weighted by Crippen LogP contribution is 2.32. The average Bonchev–Trinajstić information content (AvgIpc) is 2.76. The summed E-state index contributed by atoms with van der Waals surface area (Å²) in [6.07, 6.45) is 0. The first-order valence-electron chi connectivity index (χ1n) is 6.17. The highest BCUT2D eigenvalue weighted by atomic mass is 79.9. The van der Waals surface area contributed by atoms with Crippen molar-refractivity contribution in [3.63, 3.8) is 0 Å². The highest BCUT2D eigenvalue weighted by molar-refractivity contribution is 9.10. The highest BCUT2D eigenvalue weighted by Gasteiger charge is 2.24. The van der Waals surface area contributed by atoms with Gasteiger partial charge < -0.3 is 9.67 Å². The topological polar surface area (TPSA) is 50.9 Å². The summed E-state index contributed by atoms with van der Waals surface area (Å²) in [6.45, 7) is 8.14. The Kier molecular flexibility index (Phi) is 3.78. The van der Waals surface area contributed by atoms with E-state index >= 15 is 0 Å². The van der Waals surface area contributed by atoms with Gasteiger partial charge in [0, 0.05) is 15.6 Å². The number of aliphatic hydroxyl groups excluding tert-OH is 1. The second-order valence-corrected chi connectivity index (χ2v) is 6.33. The number of halogens is 1. The van der Waals surface area contributed by atoms with Crippen LogP contribution in [0.1, 0.15) is 32.2 Å². The number of nitrogens with zero attached hydrogens (tertiary/aromatic N) is 3. The molecule has 1 aromatic heterocycles. The molecule has 0 spiro atoms. The van der Waals surface area contributed by atoms with Crippen LogP contribution in [0.15, 0.2) is 22.7 Å². The van der Waals surface area contributed by atoms with Crippen molar-refractivity contribution >= 4 is 15.9 Å². The predicted octanol–water partition coefficient (Wildman–Crippen LogP) is 3.26. The van der Waals surface area contributed by atoms with Crippen LogP contribution in [0.25, 0.3) is 11.4 Å². The summed E-state index contributed by atoms with van der Waals surface area (Å²) in [5, 5.41) is 17.8. The lowest BCUT2D eigenvalue weighted by Gasteiger charge is -2.25. The minimum absolute atomic E-state index is 0.117. The quantitative estimate of drug-likeness (QED) is 0.922. The summed E-state index contributed by atoms with van der Waals surface area (Å²) >= 11 is 3.61. The molecule has 2 rings (SSSR count). The Hall–Kier alpha value is -1.20. The molecule has 1 N–H and O–H groups in total.